The lowest BCUT2D eigenvalue weighted by atomic mass is 9.99. The summed E-state index contributed by atoms with van der Waals surface area (Å²) in [4.78, 5) is 32.9. The van der Waals surface area contributed by atoms with Crippen LogP contribution in [0.2, 0.25) is 5.02 Å². The zero-order chi connectivity index (χ0) is 22.7. The number of likely N-dealkylation sites (N-methyl/N-ethyl adjacent to an activating group) is 1. The summed E-state index contributed by atoms with van der Waals surface area (Å²) >= 11 is 6.05. The Kier molecular flexibility index (Phi) is 8.37. The van der Waals surface area contributed by atoms with Crippen molar-refractivity contribution >= 4 is 46.7 Å². The van der Waals surface area contributed by atoms with Crippen molar-refractivity contribution < 1.29 is 14.7 Å². The Morgan fingerprint density at radius 2 is 1.79 bits per heavy atom. The number of fused-ring (bicyclic) bond motifs is 1. The number of aliphatic hydroxyl groups excluding tert-OH is 1. The van der Waals surface area contributed by atoms with Crippen LogP contribution >= 0.6 is 24.0 Å². The smallest absolute Gasteiger partial charge is 0.268 e. The van der Waals surface area contributed by atoms with Crippen molar-refractivity contribution in [2.45, 2.75) is 18.6 Å². The number of nitrogens with one attached hydrogen (secondary N) is 2. The molecule has 2 atom stereocenters. The van der Waals surface area contributed by atoms with E-state index in [2.05, 4.69) is 15.2 Å². The monoisotopic (exact) mass is 490 g/mol. The maximum atomic E-state index is 13.0. The summed E-state index contributed by atoms with van der Waals surface area (Å²) in [5.74, 6) is -0.744. The molecule has 33 heavy (non-hydrogen) atoms. The van der Waals surface area contributed by atoms with Crippen LogP contribution < -0.4 is 5.32 Å². The standard InChI is InChI=1S/C24H27ClN4O3.ClH/c1-28-9-11-29(12-10-28)24(32)22(30)20(13-16-5-3-2-4-6-16)27-23(31)21-15-17-14-18(25)7-8-19(17)26-21;/h2-8,14-15,20,22,26,30H,9-13H2,1H3,(H,27,31);1H/t20-,22+;/m0./s1. The van der Waals surface area contributed by atoms with Gasteiger partial charge in [-0.2, -0.15) is 0 Å². The second-order valence-corrected chi connectivity index (χ2v) is 8.69. The SMILES string of the molecule is CN1CCN(C(=O)[C@H](O)[C@H](Cc2ccccc2)NC(=O)c2cc3cc(Cl)ccc3[nH]2)CC1.Cl. The van der Waals surface area contributed by atoms with Gasteiger partial charge in [0.2, 0.25) is 0 Å². The Hall–Kier alpha value is -2.58. The lowest BCUT2D eigenvalue weighted by molar-refractivity contribution is -0.143. The Balaban J connectivity index is 0.00000306. The number of aromatic nitrogens is 1. The van der Waals surface area contributed by atoms with Gasteiger partial charge in [0, 0.05) is 42.1 Å². The normalized spacial score (nSPS) is 16.2. The fraction of sp³-hybridized carbons (Fsp3) is 0.333. The van der Waals surface area contributed by atoms with E-state index in [1.165, 1.54) is 0 Å². The van der Waals surface area contributed by atoms with Gasteiger partial charge in [0.15, 0.2) is 6.10 Å². The van der Waals surface area contributed by atoms with Gasteiger partial charge in [-0.25, -0.2) is 0 Å². The number of hydrogen-bond acceptors (Lipinski definition) is 4. The summed E-state index contributed by atoms with van der Waals surface area (Å²) < 4.78 is 0. The molecule has 0 aliphatic carbocycles. The van der Waals surface area contributed by atoms with Gasteiger partial charge in [0.25, 0.3) is 11.8 Å². The maximum absolute atomic E-state index is 13.0. The minimum atomic E-state index is -1.35. The first-order chi connectivity index (χ1) is 15.4. The second kappa shape index (κ2) is 11.0. The summed E-state index contributed by atoms with van der Waals surface area (Å²) in [6.07, 6.45) is -1.01. The lowest BCUT2D eigenvalue weighted by Crippen LogP contribution is -2.56. The van der Waals surface area contributed by atoms with Crippen molar-refractivity contribution in [2.24, 2.45) is 0 Å². The summed E-state index contributed by atoms with van der Waals surface area (Å²) in [6.45, 7) is 2.62. The van der Waals surface area contributed by atoms with E-state index in [1.807, 2.05) is 43.4 Å². The topological polar surface area (TPSA) is 88.7 Å². The molecular formula is C24H28Cl2N4O3. The summed E-state index contributed by atoms with van der Waals surface area (Å²) in [7, 11) is 2.00. The van der Waals surface area contributed by atoms with Gasteiger partial charge >= 0.3 is 0 Å². The molecule has 2 aromatic carbocycles. The number of carbonyl (C=O) groups excluding carboxylic acids is 2. The first-order valence-corrected chi connectivity index (χ1v) is 11.1. The van der Waals surface area contributed by atoms with Crippen molar-refractivity contribution in [3.8, 4) is 0 Å². The number of rotatable bonds is 6. The Morgan fingerprint density at radius 1 is 1.09 bits per heavy atom. The predicted molar refractivity (Wildman–Crippen MR) is 132 cm³/mol. The molecule has 2 heterocycles. The molecule has 1 aromatic heterocycles. The molecule has 3 N–H and O–H groups in total. The number of nitrogens with zero attached hydrogens (tertiary/aromatic N) is 2. The van der Waals surface area contributed by atoms with Gasteiger partial charge in [-0.15, -0.1) is 12.4 Å². The molecule has 1 aliphatic heterocycles. The number of aromatic amines is 1. The van der Waals surface area contributed by atoms with Gasteiger partial charge in [-0.05, 0) is 43.3 Å². The maximum Gasteiger partial charge on any atom is 0.268 e. The van der Waals surface area contributed by atoms with E-state index in [0.717, 1.165) is 29.6 Å². The summed E-state index contributed by atoms with van der Waals surface area (Å²) in [5, 5.41) is 15.3. The van der Waals surface area contributed by atoms with E-state index in [-0.39, 0.29) is 24.2 Å². The third-order valence-electron chi connectivity index (χ3n) is 5.89. The average molecular weight is 491 g/mol. The largest absolute Gasteiger partial charge is 0.381 e. The summed E-state index contributed by atoms with van der Waals surface area (Å²) in [5.41, 5.74) is 2.05. The molecule has 4 rings (SSSR count). The van der Waals surface area contributed by atoms with Crippen LogP contribution in [0.15, 0.2) is 54.6 Å². The molecule has 0 spiro atoms. The predicted octanol–water partition coefficient (Wildman–Crippen LogP) is 2.72. The quantitative estimate of drug-likeness (QED) is 0.495. The van der Waals surface area contributed by atoms with Crippen molar-refractivity contribution in [1.29, 1.82) is 0 Å². The first-order valence-electron chi connectivity index (χ1n) is 10.7. The first kappa shape index (κ1) is 25.1. The minimum Gasteiger partial charge on any atom is -0.381 e. The number of piperazine rings is 1. The number of H-pyrrole nitrogens is 1. The van der Waals surface area contributed by atoms with Gasteiger partial charge < -0.3 is 25.2 Å². The summed E-state index contributed by atoms with van der Waals surface area (Å²) in [6, 6.07) is 15.8. The Labute approximate surface area is 204 Å². The molecule has 7 nitrogen and oxygen atoms in total. The van der Waals surface area contributed by atoms with Crippen LogP contribution in [0, 0.1) is 0 Å². The van der Waals surface area contributed by atoms with Gasteiger partial charge in [-0.3, -0.25) is 9.59 Å². The average Bonchev–Trinajstić information content (AvgIpc) is 3.22. The van der Waals surface area contributed by atoms with Crippen molar-refractivity contribution in [3.05, 3.63) is 70.9 Å². The number of hydrogen-bond donors (Lipinski definition) is 3. The molecule has 176 valence electrons. The highest BCUT2D eigenvalue weighted by Gasteiger charge is 2.32. The van der Waals surface area contributed by atoms with Crippen molar-refractivity contribution in [1.82, 2.24) is 20.1 Å². The molecule has 9 heteroatoms. The number of aliphatic hydroxyl groups is 1. The Morgan fingerprint density at radius 3 is 2.48 bits per heavy atom. The van der Waals surface area contributed by atoms with Gasteiger partial charge in [-0.1, -0.05) is 41.9 Å². The molecule has 1 fully saturated rings. The van der Waals surface area contributed by atoms with Crippen LogP contribution in [0.25, 0.3) is 10.9 Å². The molecular weight excluding hydrogens is 463 g/mol. The molecule has 2 amide bonds. The van der Waals surface area contributed by atoms with E-state index in [0.29, 0.717) is 30.2 Å². The number of carbonyl (C=O) groups is 2. The highest BCUT2D eigenvalue weighted by atomic mass is 35.5. The number of halogens is 2. The number of benzene rings is 2. The second-order valence-electron chi connectivity index (χ2n) is 8.26. The zero-order valence-corrected chi connectivity index (χ0v) is 19.9. The lowest BCUT2D eigenvalue weighted by Gasteiger charge is -2.35. The molecule has 0 radical (unpaired) electrons. The van der Waals surface area contributed by atoms with E-state index in [1.54, 1.807) is 23.1 Å². The van der Waals surface area contributed by atoms with E-state index < -0.39 is 12.1 Å². The van der Waals surface area contributed by atoms with Crippen LogP contribution in [0.5, 0.6) is 0 Å². The molecule has 1 saturated heterocycles. The number of amides is 2. The van der Waals surface area contributed by atoms with E-state index in [9.17, 15) is 14.7 Å². The Bertz CT molecular complexity index is 1100. The van der Waals surface area contributed by atoms with Crippen molar-refractivity contribution in [3.63, 3.8) is 0 Å². The van der Waals surface area contributed by atoms with Crippen molar-refractivity contribution in [2.75, 3.05) is 33.2 Å². The fourth-order valence-electron chi connectivity index (χ4n) is 3.97. The van der Waals surface area contributed by atoms with Crippen LogP contribution in [0.3, 0.4) is 0 Å². The van der Waals surface area contributed by atoms with Crippen LogP contribution in [-0.4, -0.2) is 77.1 Å². The fourth-order valence-corrected chi connectivity index (χ4v) is 4.15. The van der Waals surface area contributed by atoms with Crippen LogP contribution in [-0.2, 0) is 11.2 Å². The molecule has 0 bridgehead atoms. The van der Waals surface area contributed by atoms with E-state index >= 15 is 0 Å². The molecule has 1 aliphatic rings. The van der Waals surface area contributed by atoms with Crippen LogP contribution in [0.4, 0.5) is 0 Å². The molecule has 0 unspecified atom stereocenters. The van der Waals surface area contributed by atoms with Crippen LogP contribution in [0.1, 0.15) is 16.1 Å². The van der Waals surface area contributed by atoms with Gasteiger partial charge in [0.1, 0.15) is 5.69 Å². The van der Waals surface area contributed by atoms with E-state index in [4.69, 9.17) is 11.6 Å². The zero-order valence-electron chi connectivity index (χ0n) is 18.3. The van der Waals surface area contributed by atoms with Gasteiger partial charge in [0.05, 0.1) is 6.04 Å². The molecule has 3 aromatic rings. The molecule has 0 saturated carbocycles. The minimum absolute atomic E-state index is 0. The highest BCUT2D eigenvalue weighted by molar-refractivity contribution is 6.31. The third kappa shape index (κ3) is 6.06. The third-order valence-corrected chi connectivity index (χ3v) is 6.13. The highest BCUT2D eigenvalue weighted by Crippen LogP contribution is 2.20.